The molecule has 15 heavy (non-hydrogen) atoms. The van der Waals surface area contributed by atoms with Crippen molar-refractivity contribution in [1.82, 2.24) is 0 Å². The van der Waals surface area contributed by atoms with E-state index < -0.39 is 9.28 Å². The lowest BCUT2D eigenvalue weighted by Crippen LogP contribution is -2.18. The summed E-state index contributed by atoms with van der Waals surface area (Å²) >= 11 is 0. The standard InChI is InChI=1S/C11H27NO2Si/c1-13-15(14-2)11-9-7-5-3-4-6-8-10-12/h15H,3-12H2,1-2H3. The molecule has 4 heteroatoms. The molecule has 92 valence electrons. The second kappa shape index (κ2) is 12.2. The van der Waals surface area contributed by atoms with Crippen LogP contribution in [0.2, 0.25) is 6.04 Å². The molecule has 0 atom stereocenters. The van der Waals surface area contributed by atoms with Gasteiger partial charge in [-0.05, 0) is 19.0 Å². The Labute approximate surface area is 96.2 Å². The maximum absolute atomic E-state index is 5.43. The van der Waals surface area contributed by atoms with Crippen LogP contribution in [0.25, 0.3) is 0 Å². The van der Waals surface area contributed by atoms with Crippen molar-refractivity contribution in [3.05, 3.63) is 0 Å². The van der Waals surface area contributed by atoms with Crippen LogP contribution < -0.4 is 5.73 Å². The maximum atomic E-state index is 5.43. The summed E-state index contributed by atoms with van der Waals surface area (Å²) in [5, 5.41) is 0. The molecule has 0 saturated carbocycles. The van der Waals surface area contributed by atoms with Crippen LogP contribution in [0.4, 0.5) is 0 Å². The van der Waals surface area contributed by atoms with Gasteiger partial charge in [-0.2, -0.15) is 0 Å². The predicted molar refractivity (Wildman–Crippen MR) is 67.3 cm³/mol. The molecule has 0 aromatic carbocycles. The quantitative estimate of drug-likeness (QED) is 0.439. The number of rotatable bonds is 11. The predicted octanol–water partition coefficient (Wildman–Crippen LogP) is 2.19. The Morgan fingerprint density at radius 2 is 1.27 bits per heavy atom. The smallest absolute Gasteiger partial charge is 0.320 e. The fraction of sp³-hybridized carbons (Fsp3) is 1.00. The highest BCUT2D eigenvalue weighted by Gasteiger charge is 2.07. The van der Waals surface area contributed by atoms with E-state index in [1.165, 1.54) is 44.9 Å². The average Bonchev–Trinajstić information content (AvgIpc) is 2.27. The van der Waals surface area contributed by atoms with E-state index in [1.54, 1.807) is 14.2 Å². The highest BCUT2D eigenvalue weighted by molar-refractivity contribution is 6.44. The van der Waals surface area contributed by atoms with Crippen molar-refractivity contribution in [3.8, 4) is 0 Å². The zero-order valence-corrected chi connectivity index (χ0v) is 11.5. The average molecular weight is 233 g/mol. The lowest BCUT2D eigenvalue weighted by molar-refractivity contribution is 0.276. The van der Waals surface area contributed by atoms with E-state index in [-0.39, 0.29) is 0 Å². The number of hydrogen-bond donors (Lipinski definition) is 1. The molecule has 0 aliphatic rings. The first kappa shape index (κ1) is 15.1. The van der Waals surface area contributed by atoms with Gasteiger partial charge in [0.15, 0.2) is 0 Å². The molecule has 0 amide bonds. The van der Waals surface area contributed by atoms with Gasteiger partial charge in [-0.25, -0.2) is 0 Å². The molecule has 0 fully saturated rings. The Morgan fingerprint density at radius 3 is 1.73 bits per heavy atom. The first-order valence-electron chi connectivity index (χ1n) is 6.10. The monoisotopic (exact) mass is 233 g/mol. The summed E-state index contributed by atoms with van der Waals surface area (Å²) in [5.41, 5.74) is 5.43. The van der Waals surface area contributed by atoms with Crippen molar-refractivity contribution in [2.45, 2.75) is 51.0 Å². The minimum Gasteiger partial charge on any atom is -0.400 e. The minimum atomic E-state index is -1.28. The summed E-state index contributed by atoms with van der Waals surface area (Å²) in [7, 11) is 2.24. The van der Waals surface area contributed by atoms with Gasteiger partial charge in [-0.15, -0.1) is 0 Å². The van der Waals surface area contributed by atoms with Crippen molar-refractivity contribution in [3.63, 3.8) is 0 Å². The molecule has 0 aromatic rings. The zero-order valence-electron chi connectivity index (χ0n) is 10.3. The van der Waals surface area contributed by atoms with E-state index in [2.05, 4.69) is 0 Å². The second-order valence-electron chi connectivity index (χ2n) is 3.95. The summed E-state index contributed by atoms with van der Waals surface area (Å²) in [6.45, 7) is 0.842. The molecule has 0 saturated heterocycles. The summed E-state index contributed by atoms with van der Waals surface area (Å²) in [6.07, 6.45) is 9.10. The van der Waals surface area contributed by atoms with E-state index in [4.69, 9.17) is 14.6 Å². The molecule has 0 aromatic heterocycles. The maximum Gasteiger partial charge on any atom is 0.320 e. The SMILES string of the molecule is CO[SiH](CCCCCCCCCN)OC. The van der Waals surface area contributed by atoms with E-state index in [1.807, 2.05) is 0 Å². The lowest BCUT2D eigenvalue weighted by atomic mass is 10.1. The van der Waals surface area contributed by atoms with E-state index in [0.29, 0.717) is 0 Å². The molecule has 0 heterocycles. The third-order valence-corrected chi connectivity index (χ3v) is 4.60. The normalized spacial score (nSPS) is 11.2. The second-order valence-corrected chi connectivity index (χ2v) is 6.33. The van der Waals surface area contributed by atoms with Crippen LogP contribution in [0.3, 0.4) is 0 Å². The van der Waals surface area contributed by atoms with Gasteiger partial charge in [0.1, 0.15) is 0 Å². The van der Waals surface area contributed by atoms with Gasteiger partial charge in [0.2, 0.25) is 0 Å². The van der Waals surface area contributed by atoms with E-state index in [9.17, 15) is 0 Å². The van der Waals surface area contributed by atoms with Gasteiger partial charge >= 0.3 is 9.28 Å². The van der Waals surface area contributed by atoms with Crippen LogP contribution >= 0.6 is 0 Å². The Hall–Kier alpha value is 0.0969. The first-order chi connectivity index (χ1) is 7.35. The summed E-state index contributed by atoms with van der Waals surface area (Å²) in [6, 6.07) is 1.15. The summed E-state index contributed by atoms with van der Waals surface area (Å²) in [5.74, 6) is 0. The molecule has 3 nitrogen and oxygen atoms in total. The fourth-order valence-corrected chi connectivity index (χ4v) is 2.96. The third kappa shape index (κ3) is 10.4. The van der Waals surface area contributed by atoms with E-state index in [0.717, 1.165) is 12.6 Å². The van der Waals surface area contributed by atoms with Crippen molar-refractivity contribution < 1.29 is 8.85 Å². The van der Waals surface area contributed by atoms with Crippen molar-refractivity contribution in [2.75, 3.05) is 20.8 Å². The molecule has 0 aliphatic heterocycles. The molecule has 0 bridgehead atoms. The highest BCUT2D eigenvalue weighted by Crippen LogP contribution is 2.10. The van der Waals surface area contributed by atoms with Crippen molar-refractivity contribution >= 4 is 9.28 Å². The Morgan fingerprint density at radius 1 is 0.800 bits per heavy atom. The molecule has 0 radical (unpaired) electrons. The third-order valence-electron chi connectivity index (χ3n) is 2.67. The molecule has 0 unspecified atom stereocenters. The first-order valence-corrected chi connectivity index (χ1v) is 7.86. The largest absolute Gasteiger partial charge is 0.400 e. The van der Waals surface area contributed by atoms with Crippen LogP contribution in [0, 0.1) is 0 Å². The number of hydrogen-bond acceptors (Lipinski definition) is 3. The van der Waals surface area contributed by atoms with Gasteiger partial charge in [0, 0.05) is 14.2 Å². The summed E-state index contributed by atoms with van der Waals surface area (Å²) < 4.78 is 10.5. The van der Waals surface area contributed by atoms with Crippen molar-refractivity contribution in [1.29, 1.82) is 0 Å². The van der Waals surface area contributed by atoms with Crippen LogP contribution in [-0.4, -0.2) is 30.0 Å². The lowest BCUT2D eigenvalue weighted by Gasteiger charge is -2.09. The Kier molecular flexibility index (Phi) is 12.2. The zero-order chi connectivity index (χ0) is 11.4. The summed E-state index contributed by atoms with van der Waals surface area (Å²) in [4.78, 5) is 0. The van der Waals surface area contributed by atoms with Crippen LogP contribution in [-0.2, 0) is 8.85 Å². The van der Waals surface area contributed by atoms with Gasteiger partial charge in [0.05, 0.1) is 0 Å². The molecular weight excluding hydrogens is 206 g/mol. The van der Waals surface area contributed by atoms with Gasteiger partial charge in [-0.1, -0.05) is 38.5 Å². The van der Waals surface area contributed by atoms with Crippen LogP contribution in [0.15, 0.2) is 0 Å². The van der Waals surface area contributed by atoms with Crippen molar-refractivity contribution in [2.24, 2.45) is 5.73 Å². The Balaban J connectivity index is 3.04. The topological polar surface area (TPSA) is 44.5 Å². The minimum absolute atomic E-state index is 0.842. The number of unbranched alkanes of at least 4 members (excludes halogenated alkanes) is 6. The molecule has 0 spiro atoms. The highest BCUT2D eigenvalue weighted by atomic mass is 28.3. The van der Waals surface area contributed by atoms with Gasteiger partial charge in [0.25, 0.3) is 0 Å². The van der Waals surface area contributed by atoms with E-state index >= 15 is 0 Å². The Bertz CT molecular complexity index is 121. The van der Waals surface area contributed by atoms with Crippen LogP contribution in [0.5, 0.6) is 0 Å². The van der Waals surface area contributed by atoms with Gasteiger partial charge < -0.3 is 14.6 Å². The van der Waals surface area contributed by atoms with Crippen LogP contribution in [0.1, 0.15) is 44.9 Å². The van der Waals surface area contributed by atoms with Gasteiger partial charge in [-0.3, -0.25) is 0 Å². The number of nitrogens with two attached hydrogens (primary N) is 1. The molecular formula is C11H27NO2Si. The fourth-order valence-electron chi connectivity index (χ4n) is 1.67. The molecule has 2 N–H and O–H groups in total. The molecule has 0 rings (SSSR count). The molecule has 0 aliphatic carbocycles.